The van der Waals surface area contributed by atoms with Crippen molar-refractivity contribution in [3.05, 3.63) is 0 Å². The summed E-state index contributed by atoms with van der Waals surface area (Å²) in [4.78, 5) is 14.3. The summed E-state index contributed by atoms with van der Waals surface area (Å²) in [5, 5.41) is 0. The molecule has 64 valence electrons. The van der Waals surface area contributed by atoms with E-state index >= 15 is 0 Å². The van der Waals surface area contributed by atoms with Gasteiger partial charge in [0.2, 0.25) is 0 Å². The van der Waals surface area contributed by atoms with Crippen molar-refractivity contribution < 1.29 is 14.4 Å². The van der Waals surface area contributed by atoms with E-state index in [0.29, 0.717) is 0 Å². The Bertz CT molecular complexity index is 89.8. The molecule has 0 fully saturated rings. The summed E-state index contributed by atoms with van der Waals surface area (Å²) in [6.45, 7) is 2.96. The van der Waals surface area contributed by atoms with Gasteiger partial charge >= 0.3 is 8.25 Å². The number of hydrogen-bond donors (Lipinski definition) is 2. The average molecular weight is 254 g/mol. The summed E-state index contributed by atoms with van der Waals surface area (Å²) in [7, 11) is -3.13. The molecule has 0 amide bonds. The van der Waals surface area contributed by atoms with Crippen molar-refractivity contribution in [2.75, 3.05) is 6.54 Å². The number of rotatable bonds is 2. The van der Waals surface area contributed by atoms with E-state index in [2.05, 4.69) is 23.1 Å². The van der Waals surface area contributed by atoms with E-state index in [1.807, 2.05) is 0 Å². The second-order valence-corrected chi connectivity index (χ2v) is 3.55. The van der Waals surface area contributed by atoms with Crippen molar-refractivity contribution in [3.63, 3.8) is 0 Å². The Morgan fingerprint density at radius 3 is 2.00 bits per heavy atom. The van der Waals surface area contributed by atoms with Gasteiger partial charge < -0.3 is 9.79 Å². The molecule has 0 aromatic carbocycles. The van der Waals surface area contributed by atoms with Crippen LogP contribution in [0.3, 0.4) is 0 Å². The second-order valence-electron chi connectivity index (χ2n) is 1.31. The molecule has 0 bridgehead atoms. The SMILES string of the molecule is CCCN(Cl)Br.O=[PH](O)O. The first-order valence-corrected chi connectivity index (χ1v) is 4.86. The Kier molecular flexibility index (Phi) is 13.3. The third-order valence-electron chi connectivity index (χ3n) is 0.393. The Balaban J connectivity index is 0. The third kappa shape index (κ3) is 36.6. The molecule has 0 unspecified atom stereocenters. The largest absolute Gasteiger partial charge is 0.326 e. The average Bonchev–Trinajstić information content (AvgIpc) is 1.62. The molecule has 0 radical (unpaired) electrons. The molecule has 0 aliphatic carbocycles. The maximum absolute atomic E-state index is 8.74. The van der Waals surface area contributed by atoms with Gasteiger partial charge in [0.15, 0.2) is 0 Å². The van der Waals surface area contributed by atoms with Crippen LogP contribution in [0.25, 0.3) is 0 Å². The molecular formula is C3H10BrClNO3P. The molecule has 0 aromatic rings. The predicted octanol–water partition coefficient (Wildman–Crippen LogP) is 1.52. The van der Waals surface area contributed by atoms with Crippen LogP contribution >= 0.6 is 36.2 Å². The predicted molar refractivity (Wildman–Crippen MR) is 45.2 cm³/mol. The molecule has 0 aliphatic rings. The normalized spacial score (nSPS) is 9.50. The lowest BCUT2D eigenvalue weighted by Gasteiger charge is -1.96. The Morgan fingerprint density at radius 1 is 1.70 bits per heavy atom. The van der Waals surface area contributed by atoms with Crippen LogP contribution in [-0.4, -0.2) is 19.8 Å². The first-order chi connectivity index (χ1) is 4.50. The summed E-state index contributed by atoms with van der Waals surface area (Å²) in [5.74, 6) is 0. The van der Waals surface area contributed by atoms with Crippen LogP contribution in [0.5, 0.6) is 0 Å². The highest BCUT2D eigenvalue weighted by Crippen LogP contribution is 2.00. The van der Waals surface area contributed by atoms with Crippen LogP contribution in [0.15, 0.2) is 0 Å². The molecule has 0 aliphatic heterocycles. The molecule has 0 spiro atoms. The topological polar surface area (TPSA) is 60.8 Å². The quantitative estimate of drug-likeness (QED) is 0.579. The fourth-order valence-electron chi connectivity index (χ4n) is 0.169. The smallest absolute Gasteiger partial charge is 0.314 e. The van der Waals surface area contributed by atoms with Gasteiger partial charge in [-0.05, 0) is 18.2 Å². The molecule has 10 heavy (non-hydrogen) atoms. The lowest BCUT2D eigenvalue weighted by atomic mass is 10.5. The standard InChI is InChI=1S/C3H7BrClN.H3O3P/c1-2-3-6(4)5;1-4(2)3/h2-3H2,1H3;4H,(H2,1,2,3). The van der Waals surface area contributed by atoms with Crippen molar-refractivity contribution in [3.8, 4) is 0 Å². The molecular weight excluding hydrogens is 244 g/mol. The van der Waals surface area contributed by atoms with E-state index in [1.165, 1.54) is 3.45 Å². The van der Waals surface area contributed by atoms with E-state index in [0.717, 1.165) is 13.0 Å². The second kappa shape index (κ2) is 9.88. The third-order valence-corrected chi connectivity index (χ3v) is 0.916. The van der Waals surface area contributed by atoms with Gasteiger partial charge in [-0.15, -0.1) is 0 Å². The minimum absolute atomic E-state index is 0.890. The van der Waals surface area contributed by atoms with Crippen molar-refractivity contribution in [2.45, 2.75) is 13.3 Å². The number of halogens is 2. The molecule has 0 rings (SSSR count). The zero-order chi connectivity index (χ0) is 8.57. The molecule has 7 heteroatoms. The van der Waals surface area contributed by atoms with Crippen LogP contribution in [0.1, 0.15) is 13.3 Å². The monoisotopic (exact) mass is 253 g/mol. The van der Waals surface area contributed by atoms with Gasteiger partial charge in [-0.3, -0.25) is 4.57 Å². The maximum atomic E-state index is 8.74. The van der Waals surface area contributed by atoms with Gasteiger partial charge in [0.05, 0.1) is 0 Å². The highest BCUT2D eigenvalue weighted by Gasteiger charge is 1.85. The Morgan fingerprint density at radius 2 is 2.00 bits per heavy atom. The van der Waals surface area contributed by atoms with Gasteiger partial charge in [0, 0.05) is 22.7 Å². The highest BCUT2D eigenvalue weighted by atomic mass is 79.9. The van der Waals surface area contributed by atoms with Crippen LogP contribution in [0, 0.1) is 0 Å². The van der Waals surface area contributed by atoms with Gasteiger partial charge in [0.25, 0.3) is 0 Å². The minimum Gasteiger partial charge on any atom is -0.326 e. The molecule has 2 N–H and O–H groups in total. The number of hydrogen-bond acceptors (Lipinski definition) is 2. The van der Waals surface area contributed by atoms with E-state index in [9.17, 15) is 0 Å². The maximum Gasteiger partial charge on any atom is 0.314 e. The highest BCUT2D eigenvalue weighted by molar-refractivity contribution is 9.08. The van der Waals surface area contributed by atoms with E-state index in [1.54, 1.807) is 0 Å². The Labute approximate surface area is 74.2 Å². The van der Waals surface area contributed by atoms with Crippen LogP contribution in [0.2, 0.25) is 0 Å². The summed E-state index contributed by atoms with van der Waals surface area (Å²) in [5.41, 5.74) is 0. The molecule has 0 saturated carbocycles. The van der Waals surface area contributed by atoms with Gasteiger partial charge in [0.1, 0.15) is 0 Å². The van der Waals surface area contributed by atoms with Gasteiger partial charge in [-0.2, -0.15) is 3.45 Å². The summed E-state index contributed by atoms with van der Waals surface area (Å²) in [6, 6.07) is 0. The zero-order valence-electron chi connectivity index (χ0n) is 5.42. The molecule has 0 saturated heterocycles. The first-order valence-electron chi connectivity index (χ1n) is 2.51. The number of nitrogens with zero attached hydrogens (tertiary/aromatic N) is 1. The zero-order valence-corrected chi connectivity index (χ0v) is 8.76. The van der Waals surface area contributed by atoms with Crippen molar-refractivity contribution in [1.29, 1.82) is 0 Å². The van der Waals surface area contributed by atoms with Gasteiger partial charge in [-0.25, -0.2) is 0 Å². The Hall–Kier alpha value is 0.880. The fraction of sp³-hybridized carbons (Fsp3) is 1.00. The van der Waals surface area contributed by atoms with E-state index in [4.69, 9.17) is 26.1 Å². The van der Waals surface area contributed by atoms with Crippen LogP contribution in [0.4, 0.5) is 0 Å². The molecule has 0 atom stereocenters. The minimum atomic E-state index is -3.13. The first kappa shape index (κ1) is 13.5. The molecule has 0 aromatic heterocycles. The van der Waals surface area contributed by atoms with Crippen LogP contribution in [-0.2, 0) is 4.57 Å². The lowest BCUT2D eigenvalue weighted by molar-refractivity contribution is 0.405. The van der Waals surface area contributed by atoms with Gasteiger partial charge in [-0.1, -0.05) is 6.92 Å². The van der Waals surface area contributed by atoms with Crippen molar-refractivity contribution in [2.24, 2.45) is 0 Å². The molecule has 4 nitrogen and oxygen atoms in total. The summed E-state index contributed by atoms with van der Waals surface area (Å²) < 4.78 is 10.2. The van der Waals surface area contributed by atoms with Crippen LogP contribution < -0.4 is 0 Å². The fourth-order valence-corrected chi connectivity index (χ4v) is 0.693. The molecule has 0 heterocycles. The van der Waals surface area contributed by atoms with E-state index < -0.39 is 8.25 Å². The lowest BCUT2D eigenvalue weighted by Crippen LogP contribution is -1.95. The summed E-state index contributed by atoms with van der Waals surface area (Å²) in [6.07, 6.45) is 1.08. The summed E-state index contributed by atoms with van der Waals surface area (Å²) >= 11 is 8.36. The van der Waals surface area contributed by atoms with Crippen molar-refractivity contribution >= 4 is 36.2 Å². The van der Waals surface area contributed by atoms with Crippen molar-refractivity contribution in [1.82, 2.24) is 3.45 Å². The van der Waals surface area contributed by atoms with E-state index in [-0.39, 0.29) is 0 Å².